The Labute approximate surface area is 103 Å². The van der Waals surface area contributed by atoms with Crippen LogP contribution in [0.15, 0.2) is 22.7 Å². The number of halogens is 1. The van der Waals surface area contributed by atoms with Crippen molar-refractivity contribution in [3.8, 4) is 17.6 Å². The molecule has 0 fully saturated rings. The third kappa shape index (κ3) is 3.01. The first kappa shape index (κ1) is 12.6. The van der Waals surface area contributed by atoms with Gasteiger partial charge in [0.2, 0.25) is 0 Å². The first-order valence-electron chi connectivity index (χ1n) is 4.79. The largest absolute Gasteiger partial charge is 0.493 e. The van der Waals surface area contributed by atoms with Crippen molar-refractivity contribution in [2.24, 2.45) is 0 Å². The fraction of sp³-hybridized carbons (Fsp3) is 0.250. The van der Waals surface area contributed by atoms with Gasteiger partial charge in [0.15, 0.2) is 11.5 Å². The molecule has 1 aromatic carbocycles. The molecule has 0 aliphatic rings. The monoisotopic (exact) mass is 281 g/mol. The number of rotatable bonds is 4. The highest BCUT2D eigenvalue weighted by Crippen LogP contribution is 2.34. The fourth-order valence-corrected chi connectivity index (χ4v) is 1.69. The molecule has 3 nitrogen and oxygen atoms in total. The molecule has 0 bridgehead atoms. The van der Waals surface area contributed by atoms with E-state index in [9.17, 15) is 0 Å². The van der Waals surface area contributed by atoms with E-state index in [-0.39, 0.29) is 0 Å². The predicted molar refractivity (Wildman–Crippen MR) is 66.5 cm³/mol. The lowest BCUT2D eigenvalue weighted by atomic mass is 10.2. The van der Waals surface area contributed by atoms with Crippen molar-refractivity contribution >= 4 is 22.0 Å². The van der Waals surface area contributed by atoms with Crippen LogP contribution in [0.1, 0.15) is 12.5 Å². The first-order valence-corrected chi connectivity index (χ1v) is 5.58. The molecule has 0 atom stereocenters. The third-order valence-electron chi connectivity index (χ3n) is 1.92. The summed E-state index contributed by atoms with van der Waals surface area (Å²) in [6.07, 6.45) is 3.13. The van der Waals surface area contributed by atoms with E-state index >= 15 is 0 Å². The van der Waals surface area contributed by atoms with Crippen LogP contribution in [0.5, 0.6) is 11.5 Å². The average Bonchev–Trinajstić information content (AvgIpc) is 2.28. The van der Waals surface area contributed by atoms with E-state index in [1.165, 1.54) is 6.08 Å². The molecule has 0 aliphatic heterocycles. The zero-order valence-electron chi connectivity index (χ0n) is 9.16. The van der Waals surface area contributed by atoms with Gasteiger partial charge in [0.05, 0.1) is 19.8 Å². The Balaban J connectivity index is 3.15. The number of nitriles is 1. The molecule has 0 heterocycles. The normalized spacial score (nSPS) is 10.1. The molecule has 1 aromatic rings. The van der Waals surface area contributed by atoms with Crippen LogP contribution >= 0.6 is 15.9 Å². The Morgan fingerprint density at radius 3 is 2.75 bits per heavy atom. The smallest absolute Gasteiger partial charge is 0.162 e. The van der Waals surface area contributed by atoms with Crippen LogP contribution in [0.4, 0.5) is 0 Å². The maximum Gasteiger partial charge on any atom is 0.162 e. The number of ether oxygens (including phenoxy) is 2. The van der Waals surface area contributed by atoms with Crippen LogP contribution in [0, 0.1) is 11.3 Å². The Bertz CT molecular complexity index is 435. The number of hydrogen-bond donors (Lipinski definition) is 0. The minimum absolute atomic E-state index is 0.580. The quantitative estimate of drug-likeness (QED) is 0.795. The Hall–Kier alpha value is -1.47. The predicted octanol–water partition coefficient (Wildman–Crippen LogP) is 3.39. The van der Waals surface area contributed by atoms with Gasteiger partial charge in [-0.2, -0.15) is 5.26 Å². The second-order valence-electron chi connectivity index (χ2n) is 2.92. The lowest BCUT2D eigenvalue weighted by Crippen LogP contribution is -1.96. The van der Waals surface area contributed by atoms with Crippen molar-refractivity contribution in [3.05, 3.63) is 28.2 Å². The molecule has 16 heavy (non-hydrogen) atoms. The van der Waals surface area contributed by atoms with E-state index < -0.39 is 0 Å². The van der Waals surface area contributed by atoms with Gasteiger partial charge in [-0.1, -0.05) is 15.9 Å². The lowest BCUT2D eigenvalue weighted by molar-refractivity contribution is 0.310. The molecule has 0 unspecified atom stereocenters. The van der Waals surface area contributed by atoms with E-state index in [0.29, 0.717) is 18.1 Å². The molecule has 0 aliphatic carbocycles. The zero-order chi connectivity index (χ0) is 12.0. The van der Waals surface area contributed by atoms with Crippen molar-refractivity contribution < 1.29 is 9.47 Å². The highest BCUT2D eigenvalue weighted by atomic mass is 79.9. The summed E-state index contributed by atoms with van der Waals surface area (Å²) >= 11 is 3.41. The van der Waals surface area contributed by atoms with E-state index in [1.807, 2.05) is 25.1 Å². The molecule has 0 radical (unpaired) electrons. The van der Waals surface area contributed by atoms with Crippen LogP contribution in [0.2, 0.25) is 0 Å². The molecular formula is C12H12BrNO2. The highest BCUT2D eigenvalue weighted by Gasteiger charge is 2.08. The summed E-state index contributed by atoms with van der Waals surface area (Å²) in [7, 11) is 1.59. The minimum atomic E-state index is 0.580. The zero-order valence-corrected chi connectivity index (χ0v) is 10.7. The SMILES string of the molecule is CCOc1cc(Br)c(/C=C/C#N)cc1OC. The molecule has 0 saturated heterocycles. The summed E-state index contributed by atoms with van der Waals surface area (Å²) in [5.74, 6) is 1.34. The van der Waals surface area contributed by atoms with Gasteiger partial charge >= 0.3 is 0 Å². The number of benzene rings is 1. The van der Waals surface area contributed by atoms with E-state index in [4.69, 9.17) is 14.7 Å². The van der Waals surface area contributed by atoms with Gasteiger partial charge in [-0.3, -0.25) is 0 Å². The summed E-state index contributed by atoms with van der Waals surface area (Å²) in [6, 6.07) is 5.60. The van der Waals surface area contributed by atoms with E-state index in [1.54, 1.807) is 13.2 Å². The topological polar surface area (TPSA) is 42.2 Å². The first-order chi connectivity index (χ1) is 7.72. The van der Waals surface area contributed by atoms with Gasteiger partial charge in [0.1, 0.15) is 0 Å². The minimum Gasteiger partial charge on any atom is -0.493 e. The van der Waals surface area contributed by atoms with Crippen molar-refractivity contribution in [1.82, 2.24) is 0 Å². The number of methoxy groups -OCH3 is 1. The molecule has 0 amide bonds. The molecule has 4 heteroatoms. The summed E-state index contributed by atoms with van der Waals surface area (Å²) in [4.78, 5) is 0. The second-order valence-corrected chi connectivity index (χ2v) is 3.77. The van der Waals surface area contributed by atoms with Crippen molar-refractivity contribution in [1.29, 1.82) is 5.26 Å². The highest BCUT2D eigenvalue weighted by molar-refractivity contribution is 9.10. The molecule has 0 aromatic heterocycles. The molecule has 0 N–H and O–H groups in total. The standard InChI is InChI=1S/C12H12BrNO2/c1-3-16-12-8-10(13)9(5-4-6-14)7-11(12)15-2/h4-5,7-8H,3H2,1-2H3/b5-4+. The second kappa shape index (κ2) is 6.19. The van der Waals surface area contributed by atoms with Crippen molar-refractivity contribution in [2.45, 2.75) is 6.92 Å². The lowest BCUT2D eigenvalue weighted by Gasteiger charge is -2.11. The van der Waals surface area contributed by atoms with Gasteiger partial charge < -0.3 is 9.47 Å². The Morgan fingerprint density at radius 2 is 2.19 bits per heavy atom. The average molecular weight is 282 g/mol. The molecule has 0 saturated carbocycles. The van der Waals surface area contributed by atoms with Crippen LogP contribution < -0.4 is 9.47 Å². The third-order valence-corrected chi connectivity index (χ3v) is 2.61. The van der Waals surface area contributed by atoms with Gasteiger partial charge in [-0.05, 0) is 30.7 Å². The number of nitrogens with zero attached hydrogens (tertiary/aromatic N) is 1. The van der Waals surface area contributed by atoms with Gasteiger partial charge in [-0.15, -0.1) is 0 Å². The van der Waals surface area contributed by atoms with Gasteiger partial charge in [0, 0.05) is 10.5 Å². The maximum atomic E-state index is 8.48. The Kier molecular flexibility index (Phi) is 4.87. The summed E-state index contributed by atoms with van der Waals surface area (Å²) in [5, 5.41) is 8.48. The fourth-order valence-electron chi connectivity index (χ4n) is 1.23. The van der Waals surface area contributed by atoms with E-state index in [0.717, 1.165) is 10.0 Å². The Morgan fingerprint density at radius 1 is 1.44 bits per heavy atom. The summed E-state index contributed by atoms with van der Waals surface area (Å²) in [6.45, 7) is 2.49. The van der Waals surface area contributed by atoms with Crippen molar-refractivity contribution in [2.75, 3.05) is 13.7 Å². The molecular weight excluding hydrogens is 270 g/mol. The molecule has 1 rings (SSSR count). The van der Waals surface area contributed by atoms with Crippen LogP contribution in [0.25, 0.3) is 6.08 Å². The van der Waals surface area contributed by atoms with Crippen LogP contribution in [-0.4, -0.2) is 13.7 Å². The van der Waals surface area contributed by atoms with Crippen LogP contribution in [0.3, 0.4) is 0 Å². The molecule has 84 valence electrons. The van der Waals surface area contributed by atoms with Crippen LogP contribution in [-0.2, 0) is 0 Å². The maximum absolute atomic E-state index is 8.48. The molecule has 0 spiro atoms. The summed E-state index contributed by atoms with van der Waals surface area (Å²) < 4.78 is 11.5. The van der Waals surface area contributed by atoms with Gasteiger partial charge in [0.25, 0.3) is 0 Å². The van der Waals surface area contributed by atoms with E-state index in [2.05, 4.69) is 15.9 Å². The van der Waals surface area contributed by atoms with Crippen molar-refractivity contribution in [3.63, 3.8) is 0 Å². The number of allylic oxidation sites excluding steroid dienone is 1. The number of hydrogen-bond acceptors (Lipinski definition) is 3. The van der Waals surface area contributed by atoms with Gasteiger partial charge in [-0.25, -0.2) is 0 Å². The summed E-state index contributed by atoms with van der Waals surface area (Å²) in [5.41, 5.74) is 0.877.